The number of carbonyl (C=O) groups is 3. The largest absolute Gasteiger partial charge is 0.480 e. The van der Waals surface area contributed by atoms with Gasteiger partial charge in [0, 0.05) is 13.0 Å². The van der Waals surface area contributed by atoms with Crippen molar-refractivity contribution in [3.63, 3.8) is 0 Å². The Morgan fingerprint density at radius 2 is 1.61 bits per heavy atom. The van der Waals surface area contributed by atoms with Gasteiger partial charge in [0.1, 0.15) is 12.6 Å². The topological polar surface area (TPSA) is 114 Å². The van der Waals surface area contributed by atoms with Gasteiger partial charge in [-0.15, -0.1) is 0 Å². The molecule has 176 valence electrons. The van der Waals surface area contributed by atoms with E-state index in [2.05, 4.69) is 22.8 Å². The van der Waals surface area contributed by atoms with E-state index in [1.165, 1.54) is 18.9 Å². The fourth-order valence-corrected chi connectivity index (χ4v) is 4.37. The van der Waals surface area contributed by atoms with E-state index in [4.69, 9.17) is 9.47 Å². The molecule has 8 nitrogen and oxygen atoms in total. The van der Waals surface area contributed by atoms with E-state index in [0.717, 1.165) is 22.3 Å². The first kappa shape index (κ1) is 24.6. The number of carboxylic acid groups (broad SMARTS) is 1. The van der Waals surface area contributed by atoms with Gasteiger partial charge in [0.25, 0.3) is 0 Å². The lowest BCUT2D eigenvalue weighted by atomic mass is 9.98. The molecule has 0 aromatic heterocycles. The number of benzene rings is 2. The molecule has 0 saturated carbocycles. The zero-order chi connectivity index (χ0) is 23.8. The molecule has 9 heteroatoms. The number of methoxy groups -OCH3 is 1. The van der Waals surface area contributed by atoms with E-state index >= 15 is 0 Å². The first-order valence-electron chi connectivity index (χ1n) is 10.6. The quantitative estimate of drug-likeness (QED) is 0.461. The van der Waals surface area contributed by atoms with Gasteiger partial charge in [0.15, 0.2) is 6.04 Å². The van der Waals surface area contributed by atoms with Gasteiger partial charge in [-0.3, -0.25) is 4.79 Å². The van der Waals surface area contributed by atoms with Crippen molar-refractivity contribution in [1.29, 1.82) is 0 Å². The van der Waals surface area contributed by atoms with Crippen LogP contribution in [-0.2, 0) is 19.1 Å². The summed E-state index contributed by atoms with van der Waals surface area (Å²) in [6.45, 7) is -0.0561. The van der Waals surface area contributed by atoms with Crippen LogP contribution in [0.3, 0.4) is 0 Å². The van der Waals surface area contributed by atoms with Gasteiger partial charge < -0.3 is 25.2 Å². The number of fused-ring (bicyclic) bond motifs is 3. The Bertz CT molecular complexity index is 953. The number of thioether (sulfide) groups is 1. The summed E-state index contributed by atoms with van der Waals surface area (Å²) in [4.78, 5) is 36.6. The van der Waals surface area contributed by atoms with E-state index in [1.54, 1.807) is 0 Å². The van der Waals surface area contributed by atoms with Crippen LogP contribution in [0.25, 0.3) is 11.1 Å². The average Bonchev–Trinajstić information content (AvgIpc) is 3.13. The summed E-state index contributed by atoms with van der Waals surface area (Å²) in [7, 11) is 1.35. The van der Waals surface area contributed by atoms with Gasteiger partial charge in [-0.05, 0) is 40.7 Å². The third-order valence-electron chi connectivity index (χ3n) is 5.51. The van der Waals surface area contributed by atoms with Crippen LogP contribution in [0.15, 0.2) is 48.5 Å². The average molecular weight is 473 g/mol. The lowest BCUT2D eigenvalue weighted by molar-refractivity contribution is -0.143. The Labute approximate surface area is 197 Å². The Morgan fingerprint density at radius 3 is 2.15 bits per heavy atom. The van der Waals surface area contributed by atoms with E-state index in [1.807, 2.05) is 42.7 Å². The highest BCUT2D eigenvalue weighted by Gasteiger charge is 2.30. The smallest absolute Gasteiger partial charge is 0.407 e. The predicted molar refractivity (Wildman–Crippen MR) is 126 cm³/mol. The molecule has 2 aromatic rings. The van der Waals surface area contributed by atoms with E-state index in [0.29, 0.717) is 12.2 Å². The SMILES string of the molecule is COCC(NC(=O)C(CCSC)NC(=O)OCC1c2ccccc2-c2ccccc21)C(=O)O. The molecule has 0 heterocycles. The molecule has 0 aliphatic heterocycles. The van der Waals surface area contributed by atoms with Gasteiger partial charge >= 0.3 is 12.1 Å². The summed E-state index contributed by atoms with van der Waals surface area (Å²) < 4.78 is 10.4. The third kappa shape index (κ3) is 6.06. The zero-order valence-corrected chi connectivity index (χ0v) is 19.4. The van der Waals surface area contributed by atoms with Crippen molar-refractivity contribution in [3.05, 3.63) is 59.7 Å². The first-order valence-corrected chi connectivity index (χ1v) is 12.0. The number of carboxylic acids is 1. The van der Waals surface area contributed by atoms with Gasteiger partial charge in [0.2, 0.25) is 5.91 Å². The molecule has 3 rings (SSSR count). The minimum absolute atomic E-state index is 0.0975. The standard InChI is InChI=1S/C24H28N2O6S/c1-31-14-21(23(28)29)25-22(27)20(11-12-33-2)26-24(30)32-13-19-17-9-5-3-7-15(17)16-8-4-6-10-18(16)19/h3-10,19-21H,11-14H2,1-2H3,(H,25,27)(H,26,30)(H,28,29). The molecule has 0 fully saturated rings. The Hall–Kier alpha value is -3.04. The maximum Gasteiger partial charge on any atom is 0.407 e. The minimum atomic E-state index is -1.21. The van der Waals surface area contributed by atoms with Crippen LogP contribution < -0.4 is 10.6 Å². The van der Waals surface area contributed by atoms with Gasteiger partial charge in [-0.1, -0.05) is 48.5 Å². The number of ether oxygens (including phenoxy) is 2. The summed E-state index contributed by atoms with van der Waals surface area (Å²) in [5.41, 5.74) is 4.42. The summed E-state index contributed by atoms with van der Waals surface area (Å²) in [6.07, 6.45) is 1.49. The molecule has 33 heavy (non-hydrogen) atoms. The van der Waals surface area contributed by atoms with Crippen LogP contribution in [0.1, 0.15) is 23.5 Å². The lowest BCUT2D eigenvalue weighted by Gasteiger charge is -2.21. The molecule has 2 amide bonds. The highest BCUT2D eigenvalue weighted by Crippen LogP contribution is 2.44. The second-order valence-corrected chi connectivity index (χ2v) is 8.64. The number of alkyl carbamates (subject to hydrolysis) is 1. The molecule has 0 saturated heterocycles. The summed E-state index contributed by atoms with van der Waals surface area (Å²) >= 11 is 1.52. The number of amides is 2. The normalized spacial score (nSPS) is 14.0. The maximum atomic E-state index is 12.7. The Kier molecular flexibility index (Phi) is 8.73. The van der Waals surface area contributed by atoms with Gasteiger partial charge in [-0.2, -0.15) is 11.8 Å². The molecule has 1 aliphatic carbocycles. The van der Waals surface area contributed by atoms with Crippen LogP contribution in [0.4, 0.5) is 4.79 Å². The molecule has 0 spiro atoms. The maximum absolute atomic E-state index is 12.7. The monoisotopic (exact) mass is 472 g/mol. The van der Waals surface area contributed by atoms with Gasteiger partial charge in [0.05, 0.1) is 6.61 Å². The molecular weight excluding hydrogens is 444 g/mol. The van der Waals surface area contributed by atoms with Crippen molar-refractivity contribution in [2.24, 2.45) is 0 Å². The minimum Gasteiger partial charge on any atom is -0.480 e. The van der Waals surface area contributed by atoms with Crippen LogP contribution in [0, 0.1) is 0 Å². The number of rotatable bonds is 11. The number of nitrogens with one attached hydrogen (secondary N) is 2. The summed E-state index contributed by atoms with van der Waals surface area (Å²) in [6, 6.07) is 13.9. The number of hydrogen-bond donors (Lipinski definition) is 3. The second-order valence-electron chi connectivity index (χ2n) is 7.66. The molecule has 0 bridgehead atoms. The molecule has 2 aromatic carbocycles. The van der Waals surface area contributed by atoms with Gasteiger partial charge in [-0.25, -0.2) is 9.59 Å². The molecule has 2 unspecified atom stereocenters. The molecular formula is C24H28N2O6S. The van der Waals surface area contributed by atoms with Crippen molar-refractivity contribution in [2.75, 3.05) is 32.3 Å². The first-order chi connectivity index (χ1) is 16.0. The van der Waals surface area contributed by atoms with Crippen molar-refractivity contribution in [1.82, 2.24) is 10.6 Å². The van der Waals surface area contributed by atoms with E-state index in [9.17, 15) is 19.5 Å². The molecule has 1 aliphatic rings. The second kappa shape index (κ2) is 11.7. The Balaban J connectivity index is 1.65. The van der Waals surface area contributed by atoms with E-state index in [-0.39, 0.29) is 19.1 Å². The summed E-state index contributed by atoms with van der Waals surface area (Å²) in [5.74, 6) is -1.30. The third-order valence-corrected chi connectivity index (χ3v) is 6.15. The van der Waals surface area contributed by atoms with Crippen molar-refractivity contribution in [3.8, 4) is 11.1 Å². The highest BCUT2D eigenvalue weighted by atomic mass is 32.2. The highest BCUT2D eigenvalue weighted by molar-refractivity contribution is 7.98. The van der Waals surface area contributed by atoms with Crippen LogP contribution in [-0.4, -0.2) is 67.5 Å². The number of hydrogen-bond acceptors (Lipinski definition) is 6. The van der Waals surface area contributed by atoms with E-state index < -0.39 is 30.1 Å². The van der Waals surface area contributed by atoms with Crippen LogP contribution in [0.5, 0.6) is 0 Å². The molecule has 2 atom stereocenters. The van der Waals surface area contributed by atoms with Crippen LogP contribution in [0.2, 0.25) is 0 Å². The number of carbonyl (C=O) groups excluding carboxylic acids is 2. The van der Waals surface area contributed by atoms with Crippen molar-refractivity contribution < 1.29 is 29.0 Å². The lowest BCUT2D eigenvalue weighted by Crippen LogP contribution is -2.53. The van der Waals surface area contributed by atoms with Crippen LogP contribution >= 0.6 is 11.8 Å². The summed E-state index contributed by atoms with van der Waals surface area (Å²) in [5, 5.41) is 14.2. The van der Waals surface area contributed by atoms with Crippen molar-refractivity contribution >= 4 is 29.7 Å². The number of aliphatic carboxylic acids is 1. The molecule has 3 N–H and O–H groups in total. The Morgan fingerprint density at radius 1 is 1.00 bits per heavy atom. The van der Waals surface area contributed by atoms with Crippen molar-refractivity contribution in [2.45, 2.75) is 24.4 Å². The molecule has 0 radical (unpaired) electrons. The fourth-order valence-electron chi connectivity index (χ4n) is 3.90. The zero-order valence-electron chi connectivity index (χ0n) is 18.6. The fraction of sp³-hybridized carbons (Fsp3) is 0.375. The predicted octanol–water partition coefficient (Wildman–Crippen LogP) is 2.86.